The second-order valence-corrected chi connectivity index (χ2v) is 3.65. The summed E-state index contributed by atoms with van der Waals surface area (Å²) in [6.45, 7) is 3.18. The zero-order valence-electron chi connectivity index (χ0n) is 10.3. The smallest absolute Gasteiger partial charge is 0.101 e. The van der Waals surface area contributed by atoms with Gasteiger partial charge in [-0.15, -0.1) is 0 Å². The summed E-state index contributed by atoms with van der Waals surface area (Å²) in [6.07, 6.45) is 3.42. The summed E-state index contributed by atoms with van der Waals surface area (Å²) in [4.78, 5) is 0. The van der Waals surface area contributed by atoms with Crippen molar-refractivity contribution in [3.63, 3.8) is 0 Å². The minimum atomic E-state index is 0.362. The molecule has 0 saturated carbocycles. The van der Waals surface area contributed by atoms with Crippen molar-refractivity contribution in [2.45, 2.75) is 6.92 Å². The summed E-state index contributed by atoms with van der Waals surface area (Å²) >= 11 is 0. The van der Waals surface area contributed by atoms with Crippen molar-refractivity contribution in [3.8, 4) is 6.07 Å². The van der Waals surface area contributed by atoms with Crippen molar-refractivity contribution in [2.75, 3.05) is 24.1 Å². The molecule has 0 bridgehead atoms. The Morgan fingerprint density at radius 3 is 3.00 bits per heavy atom. The van der Waals surface area contributed by atoms with Crippen molar-refractivity contribution >= 4 is 17.1 Å². The van der Waals surface area contributed by atoms with E-state index in [4.69, 9.17) is 16.4 Å². The molecule has 5 heteroatoms. The first-order chi connectivity index (χ1) is 8.69. The van der Waals surface area contributed by atoms with Crippen LogP contribution in [-0.2, 0) is 0 Å². The third-order valence-electron chi connectivity index (χ3n) is 2.30. The summed E-state index contributed by atoms with van der Waals surface area (Å²) < 4.78 is 0. The fourth-order valence-corrected chi connectivity index (χ4v) is 1.34. The molecule has 0 radical (unpaired) electrons. The first-order valence-electron chi connectivity index (χ1n) is 5.68. The molecule has 0 atom stereocenters. The van der Waals surface area contributed by atoms with Crippen LogP contribution in [0, 0.1) is 16.7 Å². The van der Waals surface area contributed by atoms with Crippen molar-refractivity contribution in [1.82, 2.24) is 5.32 Å². The topological polar surface area (TPSA) is 97.7 Å². The molecule has 1 aromatic carbocycles. The Morgan fingerprint density at radius 2 is 2.33 bits per heavy atom. The molecular formula is C13H17N5. The molecular weight excluding hydrogens is 226 g/mol. The molecule has 1 rings (SSSR count). The molecule has 94 valence electrons. The molecule has 1 aromatic rings. The van der Waals surface area contributed by atoms with Crippen molar-refractivity contribution in [2.24, 2.45) is 0 Å². The summed E-state index contributed by atoms with van der Waals surface area (Å²) in [6, 6.07) is 7.23. The minimum absolute atomic E-state index is 0.362. The van der Waals surface area contributed by atoms with Gasteiger partial charge in [-0.1, -0.05) is 6.07 Å². The van der Waals surface area contributed by atoms with E-state index in [1.807, 2.05) is 13.0 Å². The number of nitriles is 1. The molecule has 0 fully saturated rings. The summed E-state index contributed by atoms with van der Waals surface area (Å²) in [5, 5.41) is 22.6. The van der Waals surface area contributed by atoms with E-state index in [0.717, 1.165) is 6.54 Å². The van der Waals surface area contributed by atoms with Crippen LogP contribution in [0.4, 0.5) is 11.4 Å². The van der Waals surface area contributed by atoms with Gasteiger partial charge in [-0.3, -0.25) is 0 Å². The maximum absolute atomic E-state index is 8.84. The molecule has 0 spiro atoms. The SMILES string of the molecule is CCN/C=C\C(=N)CNc1cccc(C#N)c1N. The van der Waals surface area contributed by atoms with Crippen molar-refractivity contribution in [3.05, 3.63) is 36.0 Å². The highest BCUT2D eigenvalue weighted by molar-refractivity contribution is 5.96. The van der Waals surface area contributed by atoms with Crippen LogP contribution >= 0.6 is 0 Å². The average Bonchev–Trinajstić information content (AvgIpc) is 2.38. The Morgan fingerprint density at radius 1 is 1.56 bits per heavy atom. The molecule has 0 aromatic heterocycles. The molecule has 0 amide bonds. The van der Waals surface area contributed by atoms with Gasteiger partial charge in [0, 0.05) is 6.54 Å². The van der Waals surface area contributed by atoms with Gasteiger partial charge >= 0.3 is 0 Å². The van der Waals surface area contributed by atoms with E-state index in [9.17, 15) is 0 Å². The number of benzene rings is 1. The minimum Gasteiger partial charge on any atom is -0.396 e. The molecule has 0 unspecified atom stereocenters. The van der Waals surface area contributed by atoms with Gasteiger partial charge in [-0.2, -0.15) is 5.26 Å². The normalized spacial score (nSPS) is 10.0. The lowest BCUT2D eigenvalue weighted by Gasteiger charge is -2.09. The molecule has 18 heavy (non-hydrogen) atoms. The first-order valence-corrected chi connectivity index (χ1v) is 5.68. The standard InChI is InChI=1S/C13H17N5/c1-2-17-7-6-11(15)9-18-12-5-3-4-10(8-14)13(12)16/h3-7,15,17-18H,2,9,16H2,1H3/b7-6-,15-11?. The van der Waals surface area contributed by atoms with Crippen molar-refractivity contribution < 1.29 is 0 Å². The van der Waals surface area contributed by atoms with Crippen LogP contribution in [-0.4, -0.2) is 18.8 Å². The number of rotatable bonds is 6. The van der Waals surface area contributed by atoms with Crippen LogP contribution < -0.4 is 16.4 Å². The molecule has 0 aliphatic rings. The lowest BCUT2D eigenvalue weighted by Crippen LogP contribution is -2.13. The van der Waals surface area contributed by atoms with E-state index in [2.05, 4.69) is 10.6 Å². The monoisotopic (exact) mass is 243 g/mol. The molecule has 0 saturated heterocycles. The fraction of sp³-hybridized carbons (Fsp3) is 0.231. The Bertz CT molecular complexity index is 485. The number of nitrogens with one attached hydrogen (secondary N) is 3. The van der Waals surface area contributed by atoms with E-state index in [1.165, 1.54) is 0 Å². The number of para-hydroxylation sites is 1. The third kappa shape index (κ3) is 3.83. The molecule has 0 aliphatic carbocycles. The third-order valence-corrected chi connectivity index (χ3v) is 2.30. The van der Waals surface area contributed by atoms with Crippen LogP contribution in [0.15, 0.2) is 30.5 Å². The Hall–Kier alpha value is -2.48. The van der Waals surface area contributed by atoms with E-state index in [0.29, 0.717) is 29.2 Å². The van der Waals surface area contributed by atoms with E-state index in [-0.39, 0.29) is 0 Å². The number of nitrogens with two attached hydrogens (primary N) is 1. The average molecular weight is 243 g/mol. The second kappa shape index (κ2) is 6.97. The van der Waals surface area contributed by atoms with Crippen molar-refractivity contribution in [1.29, 1.82) is 10.7 Å². The molecule has 0 aliphatic heterocycles. The van der Waals surface area contributed by atoms with Crippen LogP contribution in [0.1, 0.15) is 12.5 Å². The Kier molecular flexibility index (Phi) is 5.26. The second-order valence-electron chi connectivity index (χ2n) is 3.65. The van der Waals surface area contributed by atoms with Gasteiger partial charge in [0.1, 0.15) is 6.07 Å². The number of hydrogen-bond acceptors (Lipinski definition) is 5. The zero-order valence-corrected chi connectivity index (χ0v) is 10.3. The maximum Gasteiger partial charge on any atom is 0.101 e. The van der Waals surface area contributed by atoms with Crippen LogP contribution in [0.2, 0.25) is 0 Å². The lowest BCUT2D eigenvalue weighted by atomic mass is 10.1. The van der Waals surface area contributed by atoms with Crippen LogP contribution in [0.5, 0.6) is 0 Å². The van der Waals surface area contributed by atoms with Gasteiger partial charge in [-0.25, -0.2) is 0 Å². The van der Waals surface area contributed by atoms with Gasteiger partial charge in [0.05, 0.1) is 29.2 Å². The summed E-state index contributed by atoms with van der Waals surface area (Å²) in [5.41, 5.74) is 7.78. The summed E-state index contributed by atoms with van der Waals surface area (Å²) in [7, 11) is 0. The highest BCUT2D eigenvalue weighted by Gasteiger charge is 2.03. The number of nitrogen functional groups attached to an aromatic ring is 1. The van der Waals surface area contributed by atoms with Gasteiger partial charge < -0.3 is 21.8 Å². The highest BCUT2D eigenvalue weighted by atomic mass is 14.9. The van der Waals surface area contributed by atoms with E-state index in [1.54, 1.807) is 30.5 Å². The molecule has 5 nitrogen and oxygen atoms in total. The first kappa shape index (κ1) is 13.6. The highest BCUT2D eigenvalue weighted by Crippen LogP contribution is 2.21. The lowest BCUT2D eigenvalue weighted by molar-refractivity contribution is 0.920. The van der Waals surface area contributed by atoms with Gasteiger partial charge in [0.25, 0.3) is 0 Å². The Labute approximate surface area is 107 Å². The van der Waals surface area contributed by atoms with E-state index >= 15 is 0 Å². The zero-order chi connectivity index (χ0) is 13.4. The quantitative estimate of drug-likeness (QED) is 0.451. The number of hydrogen-bond donors (Lipinski definition) is 4. The molecule has 0 heterocycles. The van der Waals surface area contributed by atoms with Crippen LogP contribution in [0.3, 0.4) is 0 Å². The largest absolute Gasteiger partial charge is 0.396 e. The Balaban J connectivity index is 2.59. The predicted octanol–water partition coefficient (Wildman–Crippen LogP) is 1.70. The van der Waals surface area contributed by atoms with Gasteiger partial charge in [0.2, 0.25) is 0 Å². The number of nitrogens with zero attached hydrogens (tertiary/aromatic N) is 1. The number of anilines is 2. The van der Waals surface area contributed by atoms with Crippen LogP contribution in [0.25, 0.3) is 0 Å². The maximum atomic E-state index is 8.84. The van der Waals surface area contributed by atoms with Gasteiger partial charge in [0.15, 0.2) is 0 Å². The van der Waals surface area contributed by atoms with E-state index < -0.39 is 0 Å². The molecule has 5 N–H and O–H groups in total. The summed E-state index contributed by atoms with van der Waals surface area (Å²) in [5.74, 6) is 0. The predicted molar refractivity (Wildman–Crippen MR) is 74.6 cm³/mol. The fourth-order valence-electron chi connectivity index (χ4n) is 1.34. The van der Waals surface area contributed by atoms with Gasteiger partial charge in [-0.05, 0) is 31.3 Å².